The molecule has 1 aromatic carbocycles. The van der Waals surface area contributed by atoms with Crippen LogP contribution in [0, 0.1) is 5.92 Å². The highest BCUT2D eigenvalue weighted by Gasteiger charge is 2.38. The minimum atomic E-state index is -0.733. The lowest BCUT2D eigenvalue weighted by molar-refractivity contribution is -0.135. The molecule has 2 unspecified atom stereocenters. The van der Waals surface area contributed by atoms with E-state index in [1.165, 1.54) is 0 Å². The Morgan fingerprint density at radius 2 is 2.00 bits per heavy atom. The van der Waals surface area contributed by atoms with Gasteiger partial charge in [-0.1, -0.05) is 37.2 Å². The van der Waals surface area contributed by atoms with Crippen LogP contribution >= 0.6 is 0 Å². The second-order valence-corrected chi connectivity index (χ2v) is 8.10. The summed E-state index contributed by atoms with van der Waals surface area (Å²) in [5.74, 6) is -0.201. The first kappa shape index (κ1) is 23.1. The number of carbonyl (C=O) groups excluding carboxylic acids is 2. The number of nitrogens with zero attached hydrogens (tertiary/aromatic N) is 5. The molecule has 2 atom stereocenters. The smallest absolute Gasteiger partial charge is 0.354 e. The number of anilines is 1. The van der Waals surface area contributed by atoms with Gasteiger partial charge in [0, 0.05) is 24.4 Å². The number of nitrogens with one attached hydrogen (secondary N) is 1. The third-order valence-electron chi connectivity index (χ3n) is 5.34. The number of rotatable bonds is 8. The molecule has 3 aromatic rings. The van der Waals surface area contributed by atoms with E-state index in [4.69, 9.17) is 9.26 Å². The molecule has 1 amide bonds. The Morgan fingerprint density at radius 1 is 1.21 bits per heavy atom. The van der Waals surface area contributed by atoms with Gasteiger partial charge in [-0.25, -0.2) is 4.79 Å². The average molecular weight is 463 g/mol. The number of esters is 1. The van der Waals surface area contributed by atoms with E-state index in [9.17, 15) is 9.59 Å². The molecule has 2 aromatic heterocycles. The fourth-order valence-corrected chi connectivity index (χ4v) is 3.61. The van der Waals surface area contributed by atoms with E-state index in [0.29, 0.717) is 17.1 Å². The van der Waals surface area contributed by atoms with Crippen molar-refractivity contribution >= 4 is 23.3 Å². The van der Waals surface area contributed by atoms with Crippen LogP contribution in [0.2, 0.25) is 0 Å². The minimum Gasteiger partial charge on any atom is -0.461 e. The first-order chi connectivity index (χ1) is 16.5. The summed E-state index contributed by atoms with van der Waals surface area (Å²) in [6.07, 6.45) is 3.42. The van der Waals surface area contributed by atoms with Crippen LogP contribution in [0.1, 0.15) is 39.1 Å². The highest BCUT2D eigenvalue weighted by molar-refractivity contribution is 6.38. The standard InChI is InChI=1S/C24H26N6O4/c1-4-33-24(32)18-13-19(30(28-18)17-10-6-5-7-11-17)22(31)26-20(15(2)3)23-27-21(29-34-23)16-9-8-12-25-14-16/h5-12,14-15,19-20H,4,13H2,1-3H3,(H,26,31). The molecule has 0 fully saturated rings. The molecule has 0 saturated heterocycles. The number of ether oxygens (including phenoxy) is 1. The summed E-state index contributed by atoms with van der Waals surface area (Å²) in [6.45, 7) is 5.85. The molecule has 1 aliphatic rings. The third-order valence-corrected chi connectivity index (χ3v) is 5.34. The number of hydrogen-bond donors (Lipinski definition) is 1. The molecule has 1 N–H and O–H groups in total. The maximum atomic E-state index is 13.4. The van der Waals surface area contributed by atoms with Crippen LogP contribution < -0.4 is 10.3 Å². The molecular formula is C24H26N6O4. The lowest BCUT2D eigenvalue weighted by Crippen LogP contribution is -2.45. The largest absolute Gasteiger partial charge is 0.461 e. The minimum absolute atomic E-state index is 0.0387. The Bertz CT molecular complexity index is 1160. The summed E-state index contributed by atoms with van der Waals surface area (Å²) >= 11 is 0. The Morgan fingerprint density at radius 3 is 2.68 bits per heavy atom. The van der Waals surface area contributed by atoms with Crippen molar-refractivity contribution in [1.29, 1.82) is 0 Å². The second-order valence-electron chi connectivity index (χ2n) is 8.10. The normalized spacial score (nSPS) is 16.3. The number of aromatic nitrogens is 3. The van der Waals surface area contributed by atoms with Gasteiger partial charge < -0.3 is 14.6 Å². The van der Waals surface area contributed by atoms with Crippen LogP contribution in [0.4, 0.5) is 5.69 Å². The van der Waals surface area contributed by atoms with E-state index in [-0.39, 0.29) is 36.5 Å². The molecule has 0 radical (unpaired) electrons. The monoisotopic (exact) mass is 462 g/mol. The Labute approximate surface area is 197 Å². The van der Waals surface area contributed by atoms with Gasteiger partial charge in [0.25, 0.3) is 0 Å². The van der Waals surface area contributed by atoms with Crippen LogP contribution in [-0.2, 0) is 14.3 Å². The van der Waals surface area contributed by atoms with Gasteiger partial charge in [0.05, 0.1) is 12.3 Å². The predicted molar refractivity (Wildman–Crippen MR) is 125 cm³/mol. The topological polar surface area (TPSA) is 123 Å². The van der Waals surface area contributed by atoms with Crippen LogP contribution in [0.25, 0.3) is 11.4 Å². The van der Waals surface area contributed by atoms with Crippen LogP contribution in [0.3, 0.4) is 0 Å². The quantitative estimate of drug-likeness (QED) is 0.507. The summed E-state index contributed by atoms with van der Waals surface area (Å²) in [6, 6.07) is 11.6. The van der Waals surface area contributed by atoms with E-state index in [0.717, 1.165) is 0 Å². The zero-order valence-electron chi connectivity index (χ0n) is 19.2. The number of amides is 1. The zero-order valence-corrected chi connectivity index (χ0v) is 19.2. The van der Waals surface area contributed by atoms with Gasteiger partial charge in [-0.05, 0) is 37.1 Å². The van der Waals surface area contributed by atoms with Crippen molar-refractivity contribution in [3.05, 3.63) is 60.7 Å². The van der Waals surface area contributed by atoms with E-state index >= 15 is 0 Å². The molecule has 34 heavy (non-hydrogen) atoms. The van der Waals surface area contributed by atoms with E-state index in [2.05, 4.69) is 25.5 Å². The van der Waals surface area contributed by atoms with Crippen molar-refractivity contribution in [3.8, 4) is 11.4 Å². The van der Waals surface area contributed by atoms with Crippen LogP contribution in [-0.4, -0.2) is 45.4 Å². The lowest BCUT2D eigenvalue weighted by atomic mass is 10.0. The molecule has 0 bridgehead atoms. The van der Waals surface area contributed by atoms with E-state index in [1.807, 2.05) is 50.2 Å². The molecule has 0 saturated carbocycles. The van der Waals surface area contributed by atoms with Gasteiger partial charge in [-0.3, -0.25) is 14.8 Å². The molecule has 0 spiro atoms. The van der Waals surface area contributed by atoms with Gasteiger partial charge in [0.15, 0.2) is 0 Å². The van der Waals surface area contributed by atoms with Crippen molar-refractivity contribution in [2.24, 2.45) is 11.0 Å². The van der Waals surface area contributed by atoms with Crippen molar-refractivity contribution < 1.29 is 18.8 Å². The summed E-state index contributed by atoms with van der Waals surface area (Å²) in [7, 11) is 0. The first-order valence-electron chi connectivity index (χ1n) is 11.1. The molecule has 1 aliphatic heterocycles. The maximum absolute atomic E-state index is 13.4. The number of hydrogen-bond acceptors (Lipinski definition) is 9. The fourth-order valence-electron chi connectivity index (χ4n) is 3.61. The summed E-state index contributed by atoms with van der Waals surface area (Å²) in [5, 5.41) is 13.0. The molecule has 0 aliphatic carbocycles. The van der Waals surface area contributed by atoms with Crippen molar-refractivity contribution in [2.45, 2.75) is 39.3 Å². The fraction of sp³-hybridized carbons (Fsp3) is 0.333. The molecule has 10 heteroatoms. The summed E-state index contributed by atoms with van der Waals surface area (Å²) in [4.78, 5) is 34.3. The highest BCUT2D eigenvalue weighted by atomic mass is 16.5. The summed E-state index contributed by atoms with van der Waals surface area (Å²) in [5.41, 5.74) is 1.60. The number of pyridine rings is 1. The molecule has 10 nitrogen and oxygen atoms in total. The van der Waals surface area contributed by atoms with E-state index < -0.39 is 18.1 Å². The van der Waals surface area contributed by atoms with Crippen LogP contribution in [0.15, 0.2) is 64.5 Å². The second kappa shape index (κ2) is 10.2. The molecule has 4 rings (SSSR count). The highest BCUT2D eigenvalue weighted by Crippen LogP contribution is 2.28. The number of carbonyl (C=O) groups is 2. The lowest BCUT2D eigenvalue weighted by Gasteiger charge is -2.26. The van der Waals surface area contributed by atoms with Gasteiger partial charge in [-0.15, -0.1) is 0 Å². The van der Waals surface area contributed by atoms with Gasteiger partial charge in [-0.2, -0.15) is 10.1 Å². The SMILES string of the molecule is CCOC(=O)C1=NN(c2ccccc2)C(C(=O)NC(c2nc(-c3cccnc3)no2)C(C)C)C1. The van der Waals surface area contributed by atoms with Crippen LogP contribution in [0.5, 0.6) is 0 Å². The predicted octanol–water partition coefficient (Wildman–Crippen LogP) is 3.14. The van der Waals surface area contributed by atoms with Crippen molar-refractivity contribution in [1.82, 2.24) is 20.4 Å². The zero-order chi connectivity index (χ0) is 24.1. The average Bonchev–Trinajstić information content (AvgIpc) is 3.52. The third kappa shape index (κ3) is 4.95. The maximum Gasteiger partial charge on any atom is 0.354 e. The number of para-hydroxylation sites is 1. The van der Waals surface area contributed by atoms with Crippen molar-refractivity contribution in [3.63, 3.8) is 0 Å². The van der Waals surface area contributed by atoms with Gasteiger partial charge in [0.1, 0.15) is 17.8 Å². The van der Waals surface area contributed by atoms with Gasteiger partial charge >= 0.3 is 5.97 Å². The summed E-state index contributed by atoms with van der Waals surface area (Å²) < 4.78 is 10.6. The first-order valence-corrected chi connectivity index (χ1v) is 11.1. The molecular weight excluding hydrogens is 436 g/mol. The molecule has 3 heterocycles. The molecule has 176 valence electrons. The Balaban J connectivity index is 1.56. The number of hydrazone groups is 1. The van der Waals surface area contributed by atoms with E-state index in [1.54, 1.807) is 30.4 Å². The van der Waals surface area contributed by atoms with Crippen molar-refractivity contribution in [2.75, 3.05) is 11.6 Å². The van der Waals surface area contributed by atoms with Gasteiger partial charge in [0.2, 0.25) is 17.6 Å². The Kier molecular flexibility index (Phi) is 6.95. The number of benzene rings is 1. The Hall–Kier alpha value is -4.08.